The van der Waals surface area contributed by atoms with Gasteiger partial charge in [0.15, 0.2) is 0 Å². The summed E-state index contributed by atoms with van der Waals surface area (Å²) in [6.07, 6.45) is 0.343. The van der Waals surface area contributed by atoms with E-state index in [1.807, 2.05) is 17.5 Å². The molecule has 5 nitrogen and oxygen atoms in total. The van der Waals surface area contributed by atoms with Crippen LogP contribution in [0.15, 0.2) is 41.8 Å². The van der Waals surface area contributed by atoms with Gasteiger partial charge in [-0.3, -0.25) is 0 Å². The molecule has 1 atom stereocenters. The smallest absolute Gasteiger partial charge is 0.319 e. The van der Waals surface area contributed by atoms with E-state index >= 15 is 0 Å². The van der Waals surface area contributed by atoms with Gasteiger partial charge in [-0.15, -0.1) is 11.3 Å². The molecule has 2 aromatic rings. The summed E-state index contributed by atoms with van der Waals surface area (Å²) in [4.78, 5) is 12.7. The molecule has 0 fully saturated rings. The third kappa shape index (κ3) is 4.32. The average Bonchev–Trinajstić information content (AvgIpc) is 3.03. The zero-order chi connectivity index (χ0) is 16.0. The van der Waals surface area contributed by atoms with Crippen LogP contribution in [0.25, 0.3) is 0 Å². The lowest BCUT2D eigenvalue weighted by Crippen LogP contribution is -2.40. The Kier molecular flexibility index (Phi) is 5.15. The molecular weight excluding hydrogens is 298 g/mol. The molecule has 1 aromatic carbocycles. The molecule has 22 heavy (non-hydrogen) atoms. The van der Waals surface area contributed by atoms with Gasteiger partial charge >= 0.3 is 6.03 Å². The molecule has 6 heteroatoms. The molecule has 0 saturated carbocycles. The Morgan fingerprint density at radius 2 is 2.09 bits per heavy atom. The first-order valence-corrected chi connectivity index (χ1v) is 7.66. The van der Waals surface area contributed by atoms with Crippen LogP contribution in [0.5, 0.6) is 0 Å². The molecule has 0 bridgehead atoms. The Morgan fingerprint density at radius 3 is 2.68 bits per heavy atom. The van der Waals surface area contributed by atoms with E-state index in [0.717, 1.165) is 10.4 Å². The summed E-state index contributed by atoms with van der Waals surface area (Å²) in [6.45, 7) is 1.78. The van der Waals surface area contributed by atoms with E-state index in [0.29, 0.717) is 12.1 Å². The fourth-order valence-corrected chi connectivity index (χ4v) is 2.68. The van der Waals surface area contributed by atoms with Gasteiger partial charge < -0.3 is 15.7 Å². The minimum absolute atomic E-state index is 0.117. The van der Waals surface area contributed by atoms with Crippen LogP contribution in [0.1, 0.15) is 17.4 Å². The number of hydrogen-bond donors (Lipinski definition) is 3. The van der Waals surface area contributed by atoms with Crippen LogP contribution in [-0.4, -0.2) is 17.7 Å². The lowest BCUT2D eigenvalue weighted by atomic mass is 10.1. The number of thiophene rings is 1. The summed E-state index contributed by atoms with van der Waals surface area (Å²) in [5.74, 6) is 0. The molecule has 1 aromatic heterocycles. The predicted octanol–water partition coefficient (Wildman–Crippen LogP) is 2.84. The van der Waals surface area contributed by atoms with E-state index in [9.17, 15) is 9.90 Å². The van der Waals surface area contributed by atoms with Crippen LogP contribution in [-0.2, 0) is 12.0 Å². The Hall–Kier alpha value is -2.36. The molecule has 0 spiro atoms. The number of nitrogens with one attached hydrogen (secondary N) is 2. The normalized spacial score (nSPS) is 13.0. The number of amides is 2. The Bertz CT molecular complexity index is 658. The van der Waals surface area contributed by atoms with Crippen LogP contribution in [0.2, 0.25) is 0 Å². The number of anilines is 1. The fourth-order valence-electron chi connectivity index (χ4n) is 1.90. The first-order chi connectivity index (χ1) is 10.5. The second kappa shape index (κ2) is 7.07. The van der Waals surface area contributed by atoms with Crippen LogP contribution in [0.4, 0.5) is 10.5 Å². The maximum Gasteiger partial charge on any atom is 0.319 e. The molecule has 0 radical (unpaired) electrons. The standard InChI is InChI=1S/C16H17N3O2S/c1-16(21,14-3-2-10-22-14)11-18-15(20)19-13-6-4-12(5-7-13)8-9-17/h2-7,10,21H,8,11H2,1H3,(H2,18,19,20). The second-order valence-corrected chi connectivity index (χ2v) is 6.04. The van der Waals surface area contributed by atoms with Crippen molar-refractivity contribution in [3.05, 3.63) is 52.2 Å². The minimum Gasteiger partial charge on any atom is -0.383 e. The molecule has 2 amide bonds. The van der Waals surface area contributed by atoms with E-state index < -0.39 is 5.60 Å². The third-order valence-electron chi connectivity index (χ3n) is 3.14. The number of hydrogen-bond acceptors (Lipinski definition) is 4. The van der Waals surface area contributed by atoms with Crippen molar-refractivity contribution < 1.29 is 9.90 Å². The number of urea groups is 1. The van der Waals surface area contributed by atoms with Crippen LogP contribution in [0.3, 0.4) is 0 Å². The van der Waals surface area contributed by atoms with E-state index in [-0.39, 0.29) is 12.6 Å². The van der Waals surface area contributed by atoms with Crippen molar-refractivity contribution in [3.8, 4) is 6.07 Å². The molecule has 1 heterocycles. The van der Waals surface area contributed by atoms with E-state index in [1.165, 1.54) is 11.3 Å². The van der Waals surface area contributed by atoms with Crippen molar-refractivity contribution in [1.29, 1.82) is 5.26 Å². The van der Waals surface area contributed by atoms with Gasteiger partial charge in [-0.05, 0) is 36.1 Å². The van der Waals surface area contributed by atoms with Crippen molar-refractivity contribution in [2.45, 2.75) is 18.9 Å². The van der Waals surface area contributed by atoms with Crippen molar-refractivity contribution in [3.63, 3.8) is 0 Å². The molecule has 3 N–H and O–H groups in total. The van der Waals surface area contributed by atoms with Crippen LogP contribution in [0, 0.1) is 11.3 Å². The van der Waals surface area contributed by atoms with Gasteiger partial charge in [-0.25, -0.2) is 4.79 Å². The van der Waals surface area contributed by atoms with Gasteiger partial charge in [0.25, 0.3) is 0 Å². The average molecular weight is 315 g/mol. The highest BCUT2D eigenvalue weighted by atomic mass is 32.1. The fraction of sp³-hybridized carbons (Fsp3) is 0.250. The number of carbonyl (C=O) groups is 1. The SMILES string of the molecule is CC(O)(CNC(=O)Nc1ccc(CC#N)cc1)c1cccs1. The van der Waals surface area contributed by atoms with Gasteiger partial charge in [0.1, 0.15) is 5.60 Å². The predicted molar refractivity (Wildman–Crippen MR) is 86.7 cm³/mol. The highest BCUT2D eigenvalue weighted by molar-refractivity contribution is 7.10. The van der Waals surface area contributed by atoms with Crippen molar-refractivity contribution >= 4 is 23.1 Å². The molecule has 0 aliphatic carbocycles. The van der Waals surface area contributed by atoms with E-state index in [2.05, 4.69) is 16.7 Å². The van der Waals surface area contributed by atoms with Crippen LogP contribution < -0.4 is 10.6 Å². The summed E-state index contributed by atoms with van der Waals surface area (Å²) < 4.78 is 0. The Labute approximate surface area is 133 Å². The number of rotatable bonds is 5. The topological polar surface area (TPSA) is 85.2 Å². The highest BCUT2D eigenvalue weighted by Crippen LogP contribution is 2.24. The highest BCUT2D eigenvalue weighted by Gasteiger charge is 2.24. The Morgan fingerprint density at radius 1 is 1.36 bits per heavy atom. The molecule has 1 unspecified atom stereocenters. The minimum atomic E-state index is -1.10. The van der Waals surface area contributed by atoms with Gasteiger partial charge in [-0.1, -0.05) is 18.2 Å². The summed E-state index contributed by atoms with van der Waals surface area (Å²) >= 11 is 1.44. The van der Waals surface area contributed by atoms with Gasteiger partial charge in [0, 0.05) is 10.6 Å². The summed E-state index contributed by atoms with van der Waals surface area (Å²) in [5, 5.41) is 26.2. The Balaban J connectivity index is 1.86. The number of carbonyl (C=O) groups excluding carboxylic acids is 1. The molecule has 2 rings (SSSR count). The van der Waals surface area contributed by atoms with Gasteiger partial charge in [0.2, 0.25) is 0 Å². The lowest BCUT2D eigenvalue weighted by molar-refractivity contribution is 0.0637. The second-order valence-electron chi connectivity index (χ2n) is 5.09. The van der Waals surface area contributed by atoms with Crippen molar-refractivity contribution in [2.24, 2.45) is 0 Å². The third-order valence-corrected chi connectivity index (χ3v) is 4.26. The summed E-state index contributed by atoms with van der Waals surface area (Å²) in [6, 6.07) is 12.4. The zero-order valence-corrected chi connectivity index (χ0v) is 13.0. The van der Waals surface area contributed by atoms with Crippen molar-refractivity contribution in [1.82, 2.24) is 5.32 Å². The molecule has 0 aliphatic heterocycles. The van der Waals surface area contributed by atoms with Gasteiger partial charge in [-0.2, -0.15) is 5.26 Å². The summed E-state index contributed by atoms with van der Waals surface area (Å²) in [7, 11) is 0. The summed E-state index contributed by atoms with van der Waals surface area (Å²) in [5.41, 5.74) is 0.436. The number of benzene rings is 1. The first-order valence-electron chi connectivity index (χ1n) is 6.78. The van der Waals surface area contributed by atoms with E-state index in [1.54, 1.807) is 31.2 Å². The molecule has 0 aliphatic rings. The molecular formula is C16H17N3O2S. The maximum atomic E-state index is 11.9. The number of nitrogens with zero attached hydrogens (tertiary/aromatic N) is 1. The lowest BCUT2D eigenvalue weighted by Gasteiger charge is -2.22. The largest absolute Gasteiger partial charge is 0.383 e. The maximum absolute atomic E-state index is 11.9. The molecule has 0 saturated heterocycles. The molecule has 114 valence electrons. The first kappa shape index (κ1) is 16.0. The quantitative estimate of drug-likeness (QED) is 0.793. The van der Waals surface area contributed by atoms with Crippen LogP contribution >= 0.6 is 11.3 Å². The number of nitriles is 1. The van der Waals surface area contributed by atoms with Gasteiger partial charge in [0.05, 0.1) is 19.0 Å². The number of aliphatic hydroxyl groups is 1. The monoisotopic (exact) mass is 315 g/mol. The zero-order valence-electron chi connectivity index (χ0n) is 12.2. The van der Waals surface area contributed by atoms with Crippen molar-refractivity contribution in [2.75, 3.05) is 11.9 Å². The van der Waals surface area contributed by atoms with E-state index in [4.69, 9.17) is 5.26 Å².